The minimum atomic E-state index is -0.237. The van der Waals surface area contributed by atoms with Crippen LogP contribution >= 0.6 is 11.3 Å². The number of hydrogen-bond acceptors (Lipinski definition) is 5. The van der Waals surface area contributed by atoms with Crippen LogP contribution < -0.4 is 10.2 Å². The van der Waals surface area contributed by atoms with E-state index in [2.05, 4.69) is 15.2 Å². The number of benzene rings is 2. The Kier molecular flexibility index (Phi) is 5.86. The molecule has 3 aromatic rings. The summed E-state index contributed by atoms with van der Waals surface area (Å²) in [5.41, 5.74) is 2.70. The van der Waals surface area contributed by atoms with E-state index in [1.165, 1.54) is 0 Å². The fourth-order valence-corrected chi connectivity index (χ4v) is 4.03. The van der Waals surface area contributed by atoms with Gasteiger partial charge in [0, 0.05) is 43.3 Å². The molecule has 0 unspecified atom stereocenters. The van der Waals surface area contributed by atoms with E-state index in [0.29, 0.717) is 18.7 Å². The van der Waals surface area contributed by atoms with Gasteiger partial charge in [0.05, 0.1) is 6.54 Å². The quantitative estimate of drug-likeness (QED) is 0.708. The van der Waals surface area contributed by atoms with Crippen molar-refractivity contribution in [2.24, 2.45) is 0 Å². The average Bonchev–Trinajstić information content (AvgIpc) is 3.33. The van der Waals surface area contributed by atoms with Crippen molar-refractivity contribution in [1.29, 1.82) is 0 Å². The zero-order valence-electron chi connectivity index (χ0n) is 16.0. The number of amides is 2. The van der Waals surface area contributed by atoms with Gasteiger partial charge in [-0.1, -0.05) is 42.5 Å². The Morgan fingerprint density at radius 2 is 1.62 bits per heavy atom. The molecular formula is C22H22N4O2S. The first-order valence-electron chi connectivity index (χ1n) is 9.56. The summed E-state index contributed by atoms with van der Waals surface area (Å²) in [5, 5.41) is 5.68. The van der Waals surface area contributed by atoms with Crippen LogP contribution in [0.1, 0.15) is 10.4 Å². The van der Waals surface area contributed by atoms with Crippen molar-refractivity contribution < 1.29 is 9.59 Å². The van der Waals surface area contributed by atoms with Crippen LogP contribution in [-0.4, -0.2) is 54.4 Å². The summed E-state index contributed by atoms with van der Waals surface area (Å²) in [6, 6.07) is 17.4. The van der Waals surface area contributed by atoms with Crippen LogP contribution in [0.3, 0.4) is 0 Å². The monoisotopic (exact) mass is 406 g/mol. The van der Waals surface area contributed by atoms with Gasteiger partial charge < -0.3 is 15.1 Å². The van der Waals surface area contributed by atoms with E-state index < -0.39 is 0 Å². The number of carbonyl (C=O) groups is 2. The Balaban J connectivity index is 1.27. The van der Waals surface area contributed by atoms with Crippen molar-refractivity contribution in [3.63, 3.8) is 0 Å². The molecule has 29 heavy (non-hydrogen) atoms. The summed E-state index contributed by atoms with van der Waals surface area (Å²) in [6.45, 7) is 2.80. The summed E-state index contributed by atoms with van der Waals surface area (Å²) >= 11 is 1.60. The predicted octanol–water partition coefficient (Wildman–Crippen LogP) is 2.89. The fourth-order valence-electron chi connectivity index (χ4n) is 3.33. The van der Waals surface area contributed by atoms with Crippen molar-refractivity contribution in [1.82, 2.24) is 15.2 Å². The lowest BCUT2D eigenvalue weighted by atomic mass is 10.0. The van der Waals surface area contributed by atoms with Crippen LogP contribution in [0.2, 0.25) is 0 Å². The van der Waals surface area contributed by atoms with Crippen molar-refractivity contribution in [2.75, 3.05) is 37.6 Å². The first-order chi connectivity index (χ1) is 14.2. The van der Waals surface area contributed by atoms with Crippen LogP contribution in [0, 0.1) is 0 Å². The van der Waals surface area contributed by atoms with E-state index >= 15 is 0 Å². The maximum atomic E-state index is 12.4. The van der Waals surface area contributed by atoms with Gasteiger partial charge in [0.2, 0.25) is 5.91 Å². The molecular weight excluding hydrogens is 384 g/mol. The van der Waals surface area contributed by atoms with Gasteiger partial charge in [-0.2, -0.15) is 0 Å². The van der Waals surface area contributed by atoms with E-state index in [-0.39, 0.29) is 18.4 Å². The molecule has 7 heteroatoms. The van der Waals surface area contributed by atoms with E-state index in [0.717, 1.165) is 29.3 Å². The van der Waals surface area contributed by atoms with Gasteiger partial charge in [0.1, 0.15) is 0 Å². The van der Waals surface area contributed by atoms with Crippen molar-refractivity contribution >= 4 is 28.3 Å². The first-order valence-corrected chi connectivity index (χ1v) is 10.4. The zero-order valence-corrected chi connectivity index (χ0v) is 16.8. The number of piperazine rings is 1. The van der Waals surface area contributed by atoms with Crippen LogP contribution in [0.25, 0.3) is 11.1 Å². The van der Waals surface area contributed by atoms with Gasteiger partial charge in [0.25, 0.3) is 5.91 Å². The number of hydrogen-bond donors (Lipinski definition) is 1. The molecule has 0 bridgehead atoms. The number of carbonyl (C=O) groups excluding carboxylic acids is 2. The van der Waals surface area contributed by atoms with E-state index in [1.54, 1.807) is 34.6 Å². The Hall–Kier alpha value is -3.19. The molecule has 2 amide bonds. The molecule has 148 valence electrons. The third-order valence-electron chi connectivity index (χ3n) is 4.98. The number of rotatable bonds is 5. The zero-order chi connectivity index (χ0) is 20.1. The van der Waals surface area contributed by atoms with Crippen molar-refractivity contribution in [3.8, 4) is 11.1 Å². The summed E-state index contributed by atoms with van der Waals surface area (Å²) in [7, 11) is 0. The Labute approximate surface area is 173 Å². The van der Waals surface area contributed by atoms with Crippen molar-refractivity contribution in [2.45, 2.75) is 0 Å². The van der Waals surface area contributed by atoms with Crippen LogP contribution in [0.15, 0.2) is 66.2 Å². The standard InChI is InChI=1S/C22H22N4O2S/c27-20(25-11-13-26(14-12-25)22-23-10-15-29-22)16-24-21(28)19-8-6-18(7-9-19)17-4-2-1-3-5-17/h1-10,15H,11-14,16H2,(H,24,28). The molecule has 2 heterocycles. The second-order valence-corrected chi connectivity index (χ2v) is 7.68. The van der Waals surface area contributed by atoms with Gasteiger partial charge >= 0.3 is 0 Å². The highest BCUT2D eigenvalue weighted by Crippen LogP contribution is 2.20. The minimum Gasteiger partial charge on any atom is -0.345 e. The molecule has 4 rings (SSSR count). The van der Waals surface area contributed by atoms with Gasteiger partial charge in [-0.25, -0.2) is 4.98 Å². The van der Waals surface area contributed by atoms with Gasteiger partial charge in [-0.15, -0.1) is 11.3 Å². The summed E-state index contributed by atoms with van der Waals surface area (Å²) in [5.74, 6) is -0.294. The molecule has 0 aliphatic carbocycles. The van der Waals surface area contributed by atoms with E-state index in [4.69, 9.17) is 0 Å². The molecule has 1 N–H and O–H groups in total. The third-order valence-corrected chi connectivity index (χ3v) is 5.81. The normalized spacial score (nSPS) is 13.9. The number of thiazole rings is 1. The van der Waals surface area contributed by atoms with Crippen LogP contribution in [-0.2, 0) is 4.79 Å². The maximum Gasteiger partial charge on any atom is 0.251 e. The predicted molar refractivity (Wildman–Crippen MR) is 115 cm³/mol. The molecule has 1 aliphatic heterocycles. The van der Waals surface area contributed by atoms with Crippen molar-refractivity contribution in [3.05, 3.63) is 71.7 Å². The first kappa shape index (κ1) is 19.1. The molecule has 2 aromatic carbocycles. The van der Waals surface area contributed by atoms with E-state index in [1.807, 2.05) is 47.8 Å². The molecule has 6 nitrogen and oxygen atoms in total. The molecule has 1 saturated heterocycles. The lowest BCUT2D eigenvalue weighted by molar-refractivity contribution is -0.130. The van der Waals surface area contributed by atoms with Gasteiger partial charge in [-0.05, 0) is 23.3 Å². The maximum absolute atomic E-state index is 12.4. The van der Waals surface area contributed by atoms with Gasteiger partial charge in [0.15, 0.2) is 5.13 Å². The Bertz CT molecular complexity index is 950. The minimum absolute atomic E-state index is 0.0104. The summed E-state index contributed by atoms with van der Waals surface area (Å²) in [6.07, 6.45) is 1.79. The van der Waals surface area contributed by atoms with E-state index in [9.17, 15) is 9.59 Å². The highest BCUT2D eigenvalue weighted by molar-refractivity contribution is 7.13. The molecule has 0 atom stereocenters. The average molecular weight is 407 g/mol. The topological polar surface area (TPSA) is 65.5 Å². The molecule has 0 radical (unpaired) electrons. The second kappa shape index (κ2) is 8.87. The molecule has 0 spiro atoms. The Morgan fingerprint density at radius 1 is 0.931 bits per heavy atom. The SMILES string of the molecule is O=C(NCC(=O)N1CCN(c2nccs2)CC1)c1ccc(-c2ccccc2)cc1. The second-order valence-electron chi connectivity index (χ2n) is 6.81. The largest absolute Gasteiger partial charge is 0.345 e. The summed E-state index contributed by atoms with van der Waals surface area (Å²) < 4.78 is 0. The smallest absolute Gasteiger partial charge is 0.251 e. The van der Waals surface area contributed by atoms with Crippen LogP contribution in [0.5, 0.6) is 0 Å². The number of nitrogens with one attached hydrogen (secondary N) is 1. The van der Waals surface area contributed by atoms with Crippen LogP contribution in [0.4, 0.5) is 5.13 Å². The molecule has 1 fully saturated rings. The fraction of sp³-hybridized carbons (Fsp3) is 0.227. The van der Waals surface area contributed by atoms with Gasteiger partial charge in [-0.3, -0.25) is 9.59 Å². The number of nitrogens with zero attached hydrogens (tertiary/aromatic N) is 3. The number of anilines is 1. The third kappa shape index (κ3) is 4.63. The highest BCUT2D eigenvalue weighted by atomic mass is 32.1. The highest BCUT2D eigenvalue weighted by Gasteiger charge is 2.22. The summed E-state index contributed by atoms with van der Waals surface area (Å²) in [4.78, 5) is 33.1. The molecule has 1 aliphatic rings. The number of aromatic nitrogens is 1. The lowest BCUT2D eigenvalue weighted by Gasteiger charge is -2.34. The Morgan fingerprint density at radius 3 is 2.28 bits per heavy atom. The molecule has 0 saturated carbocycles. The lowest BCUT2D eigenvalue weighted by Crippen LogP contribution is -2.51. The molecule has 1 aromatic heterocycles.